The zero-order valence-electron chi connectivity index (χ0n) is 10.9. The van der Waals surface area contributed by atoms with Gasteiger partial charge < -0.3 is 4.74 Å². The van der Waals surface area contributed by atoms with Crippen LogP contribution < -0.4 is 4.74 Å². The molecule has 0 unspecified atom stereocenters. The molecule has 2 nitrogen and oxygen atoms in total. The van der Waals surface area contributed by atoms with E-state index in [1.54, 1.807) is 18.2 Å². The van der Waals surface area contributed by atoms with Crippen molar-refractivity contribution in [3.8, 4) is 5.75 Å². The second-order valence-electron chi connectivity index (χ2n) is 4.41. The van der Waals surface area contributed by atoms with E-state index in [2.05, 4.69) is 0 Å². The first-order valence-electron chi connectivity index (χ1n) is 6.01. The number of aldehydes is 1. The monoisotopic (exact) mass is 258 g/mol. The van der Waals surface area contributed by atoms with E-state index in [1.807, 2.05) is 19.1 Å². The first kappa shape index (κ1) is 13.3. The molecule has 0 aliphatic heterocycles. The highest BCUT2D eigenvalue weighted by molar-refractivity contribution is 5.79. The smallest absolute Gasteiger partial charge is 0.153 e. The minimum absolute atomic E-state index is 0.210. The molecule has 0 fully saturated rings. The number of ether oxygens (including phenoxy) is 1. The van der Waals surface area contributed by atoms with Crippen LogP contribution in [0.5, 0.6) is 5.75 Å². The zero-order chi connectivity index (χ0) is 13.8. The zero-order valence-corrected chi connectivity index (χ0v) is 10.9. The van der Waals surface area contributed by atoms with E-state index in [4.69, 9.17) is 4.74 Å². The molecule has 0 aliphatic carbocycles. The molecule has 0 atom stereocenters. The quantitative estimate of drug-likeness (QED) is 0.784. The van der Waals surface area contributed by atoms with Gasteiger partial charge >= 0.3 is 0 Å². The summed E-state index contributed by atoms with van der Waals surface area (Å²) < 4.78 is 18.9. The average molecular weight is 258 g/mol. The number of methoxy groups -OCH3 is 1. The minimum Gasteiger partial charge on any atom is -0.496 e. The van der Waals surface area contributed by atoms with Crippen LogP contribution in [-0.2, 0) is 6.42 Å². The van der Waals surface area contributed by atoms with Gasteiger partial charge in [-0.25, -0.2) is 4.39 Å². The predicted octanol–water partition coefficient (Wildman–Crippen LogP) is 3.55. The van der Waals surface area contributed by atoms with Crippen molar-refractivity contribution in [1.82, 2.24) is 0 Å². The molecule has 2 aromatic rings. The Labute approximate surface area is 111 Å². The number of carbonyl (C=O) groups is 1. The Bertz CT molecular complexity index is 585. The SMILES string of the molecule is COc1cc(Cc2c(C)cccc2F)ccc1C=O. The van der Waals surface area contributed by atoms with E-state index in [1.165, 1.54) is 13.2 Å². The molecule has 0 amide bonds. The van der Waals surface area contributed by atoms with Crippen LogP contribution in [0.1, 0.15) is 27.0 Å². The van der Waals surface area contributed by atoms with Crippen LogP contribution in [0.15, 0.2) is 36.4 Å². The molecule has 19 heavy (non-hydrogen) atoms. The van der Waals surface area contributed by atoms with Gasteiger partial charge in [-0.1, -0.05) is 18.2 Å². The number of aryl methyl sites for hydroxylation is 1. The number of hydrogen-bond acceptors (Lipinski definition) is 2. The van der Waals surface area contributed by atoms with E-state index >= 15 is 0 Å². The molecule has 0 heterocycles. The molecular formula is C16H15FO2. The van der Waals surface area contributed by atoms with Crippen LogP contribution in [0, 0.1) is 12.7 Å². The van der Waals surface area contributed by atoms with Crippen LogP contribution in [0.3, 0.4) is 0 Å². The maximum Gasteiger partial charge on any atom is 0.153 e. The molecule has 2 aromatic carbocycles. The number of halogens is 1. The summed E-state index contributed by atoms with van der Waals surface area (Å²) in [5.41, 5.74) is 2.99. The van der Waals surface area contributed by atoms with E-state index < -0.39 is 0 Å². The largest absolute Gasteiger partial charge is 0.496 e. The Hall–Kier alpha value is -2.16. The summed E-state index contributed by atoms with van der Waals surface area (Å²) in [5, 5.41) is 0. The average Bonchev–Trinajstić information content (AvgIpc) is 2.42. The molecule has 98 valence electrons. The summed E-state index contributed by atoms with van der Waals surface area (Å²) in [5.74, 6) is 0.305. The molecule has 0 N–H and O–H groups in total. The third-order valence-electron chi connectivity index (χ3n) is 3.16. The van der Waals surface area contributed by atoms with Gasteiger partial charge in [-0.2, -0.15) is 0 Å². The summed E-state index contributed by atoms with van der Waals surface area (Å²) in [6.07, 6.45) is 1.23. The van der Waals surface area contributed by atoms with Crippen molar-refractivity contribution >= 4 is 6.29 Å². The molecule has 0 aromatic heterocycles. The Balaban J connectivity index is 2.36. The van der Waals surface area contributed by atoms with Gasteiger partial charge in [-0.15, -0.1) is 0 Å². The van der Waals surface area contributed by atoms with E-state index in [-0.39, 0.29) is 5.82 Å². The lowest BCUT2D eigenvalue weighted by Crippen LogP contribution is -1.98. The van der Waals surface area contributed by atoms with Gasteiger partial charge in [-0.05, 0) is 41.8 Å². The Kier molecular flexibility index (Phi) is 3.95. The first-order valence-corrected chi connectivity index (χ1v) is 6.01. The fourth-order valence-electron chi connectivity index (χ4n) is 2.06. The number of benzene rings is 2. The number of carbonyl (C=O) groups excluding carboxylic acids is 1. The highest BCUT2D eigenvalue weighted by Crippen LogP contribution is 2.22. The highest BCUT2D eigenvalue weighted by atomic mass is 19.1. The number of hydrogen-bond donors (Lipinski definition) is 0. The third-order valence-corrected chi connectivity index (χ3v) is 3.16. The fourth-order valence-corrected chi connectivity index (χ4v) is 2.06. The van der Waals surface area contributed by atoms with Gasteiger partial charge in [0.15, 0.2) is 6.29 Å². The van der Waals surface area contributed by atoms with Crippen LogP contribution >= 0.6 is 0 Å². The van der Waals surface area contributed by atoms with Crippen LogP contribution in [0.25, 0.3) is 0 Å². The molecule has 0 radical (unpaired) electrons. The summed E-state index contributed by atoms with van der Waals surface area (Å²) >= 11 is 0. The lowest BCUT2D eigenvalue weighted by molar-refractivity contribution is 0.112. The van der Waals surface area contributed by atoms with Crippen molar-refractivity contribution in [2.45, 2.75) is 13.3 Å². The molecule has 0 saturated heterocycles. The topological polar surface area (TPSA) is 26.3 Å². The van der Waals surface area contributed by atoms with Gasteiger partial charge in [0.25, 0.3) is 0 Å². The van der Waals surface area contributed by atoms with Crippen LogP contribution in [0.2, 0.25) is 0 Å². The Morgan fingerprint density at radius 3 is 2.68 bits per heavy atom. The normalized spacial score (nSPS) is 10.3. The van der Waals surface area contributed by atoms with Crippen molar-refractivity contribution in [3.63, 3.8) is 0 Å². The molecule has 0 aliphatic rings. The molecular weight excluding hydrogens is 243 g/mol. The third kappa shape index (κ3) is 2.81. The lowest BCUT2D eigenvalue weighted by atomic mass is 9.99. The second kappa shape index (κ2) is 5.65. The summed E-state index contributed by atoms with van der Waals surface area (Å²) in [6.45, 7) is 1.88. The van der Waals surface area contributed by atoms with Crippen molar-refractivity contribution in [3.05, 3.63) is 64.5 Å². The highest BCUT2D eigenvalue weighted by Gasteiger charge is 2.09. The maximum absolute atomic E-state index is 13.8. The summed E-state index contributed by atoms with van der Waals surface area (Å²) in [4.78, 5) is 10.8. The molecule has 3 heteroatoms. The van der Waals surface area contributed by atoms with Gasteiger partial charge in [0.05, 0.1) is 12.7 Å². The minimum atomic E-state index is -0.210. The van der Waals surface area contributed by atoms with Gasteiger partial charge in [0.2, 0.25) is 0 Å². The van der Waals surface area contributed by atoms with Crippen molar-refractivity contribution in [1.29, 1.82) is 0 Å². The van der Waals surface area contributed by atoms with Gasteiger partial charge in [0, 0.05) is 6.42 Å². The predicted molar refractivity (Wildman–Crippen MR) is 72.3 cm³/mol. The standard InChI is InChI=1S/C16H15FO2/c1-11-4-3-5-15(17)14(11)8-12-6-7-13(10-18)16(9-12)19-2/h3-7,9-10H,8H2,1-2H3. The fraction of sp³-hybridized carbons (Fsp3) is 0.188. The maximum atomic E-state index is 13.8. The van der Waals surface area contributed by atoms with Crippen molar-refractivity contribution < 1.29 is 13.9 Å². The van der Waals surface area contributed by atoms with Crippen molar-refractivity contribution in [2.24, 2.45) is 0 Å². The molecule has 2 rings (SSSR count). The lowest BCUT2D eigenvalue weighted by Gasteiger charge is -2.10. The summed E-state index contributed by atoms with van der Waals surface area (Å²) in [7, 11) is 1.51. The molecule has 0 spiro atoms. The van der Waals surface area contributed by atoms with E-state index in [9.17, 15) is 9.18 Å². The Morgan fingerprint density at radius 1 is 1.26 bits per heavy atom. The molecule has 0 saturated carbocycles. The van der Waals surface area contributed by atoms with Gasteiger partial charge in [-0.3, -0.25) is 4.79 Å². The van der Waals surface area contributed by atoms with E-state index in [0.717, 1.165) is 17.4 Å². The second-order valence-corrected chi connectivity index (χ2v) is 4.41. The molecule has 0 bridgehead atoms. The van der Waals surface area contributed by atoms with Crippen LogP contribution in [0.4, 0.5) is 4.39 Å². The Morgan fingerprint density at radius 2 is 2.05 bits per heavy atom. The first-order chi connectivity index (χ1) is 9.15. The van der Waals surface area contributed by atoms with E-state index in [0.29, 0.717) is 23.3 Å². The number of rotatable bonds is 4. The van der Waals surface area contributed by atoms with Crippen LogP contribution in [-0.4, -0.2) is 13.4 Å². The van der Waals surface area contributed by atoms with Gasteiger partial charge in [0.1, 0.15) is 11.6 Å². The summed E-state index contributed by atoms with van der Waals surface area (Å²) in [6, 6.07) is 10.3. The van der Waals surface area contributed by atoms with Crippen molar-refractivity contribution in [2.75, 3.05) is 7.11 Å².